The zero-order valence-corrected chi connectivity index (χ0v) is 16.5. The Hall–Kier alpha value is -2.38. The van der Waals surface area contributed by atoms with E-state index < -0.39 is 0 Å². The summed E-state index contributed by atoms with van der Waals surface area (Å²) in [6.45, 7) is 6.74. The first-order valence-corrected chi connectivity index (χ1v) is 9.75. The van der Waals surface area contributed by atoms with Gasteiger partial charge < -0.3 is 24.1 Å². The van der Waals surface area contributed by atoms with Crippen LogP contribution in [0.5, 0.6) is 5.75 Å². The molecule has 7 heteroatoms. The van der Waals surface area contributed by atoms with Crippen molar-refractivity contribution in [2.75, 3.05) is 26.4 Å². The van der Waals surface area contributed by atoms with Gasteiger partial charge in [0.05, 0.1) is 24.0 Å². The molecule has 0 aliphatic carbocycles. The van der Waals surface area contributed by atoms with E-state index in [1.807, 2.05) is 26.0 Å². The van der Waals surface area contributed by atoms with Crippen LogP contribution in [0.3, 0.4) is 0 Å². The second-order valence-corrected chi connectivity index (χ2v) is 6.94. The molecule has 28 heavy (non-hydrogen) atoms. The predicted molar refractivity (Wildman–Crippen MR) is 103 cm³/mol. The van der Waals surface area contributed by atoms with Gasteiger partial charge in [-0.3, -0.25) is 4.79 Å². The number of rotatable bonds is 10. The largest absolute Gasteiger partial charge is 0.489 e. The first kappa shape index (κ1) is 20.4. The zero-order chi connectivity index (χ0) is 19.8. The van der Waals surface area contributed by atoms with Crippen LogP contribution in [0.25, 0.3) is 0 Å². The number of benzene rings is 1. The zero-order valence-electron chi connectivity index (χ0n) is 16.5. The van der Waals surface area contributed by atoms with E-state index in [1.165, 1.54) is 0 Å². The van der Waals surface area contributed by atoms with E-state index in [9.17, 15) is 4.79 Å². The Bertz CT molecular complexity index is 748. The van der Waals surface area contributed by atoms with Crippen molar-refractivity contribution in [2.24, 2.45) is 0 Å². The molecule has 152 valence electrons. The minimum atomic E-state index is -0.123. The van der Waals surface area contributed by atoms with Crippen LogP contribution in [-0.2, 0) is 16.1 Å². The average molecular weight is 388 g/mol. The topological polar surface area (TPSA) is 82.8 Å². The summed E-state index contributed by atoms with van der Waals surface area (Å²) in [6.07, 6.45) is 3.19. The van der Waals surface area contributed by atoms with Crippen molar-refractivity contribution >= 4 is 5.91 Å². The summed E-state index contributed by atoms with van der Waals surface area (Å²) in [6, 6.07) is 7.14. The molecule has 1 N–H and O–H groups in total. The maximum atomic E-state index is 12.3. The van der Waals surface area contributed by atoms with Crippen molar-refractivity contribution in [3.63, 3.8) is 0 Å². The highest BCUT2D eigenvalue weighted by molar-refractivity contribution is 5.94. The van der Waals surface area contributed by atoms with Gasteiger partial charge in [-0.05, 0) is 51.3 Å². The smallest absolute Gasteiger partial charge is 0.251 e. The first-order valence-electron chi connectivity index (χ1n) is 9.75. The van der Waals surface area contributed by atoms with Gasteiger partial charge in [0.2, 0.25) is 0 Å². The van der Waals surface area contributed by atoms with Gasteiger partial charge in [-0.15, -0.1) is 0 Å². The molecule has 2 aromatic rings. The molecule has 1 amide bonds. The van der Waals surface area contributed by atoms with Crippen LogP contribution >= 0.6 is 0 Å². The van der Waals surface area contributed by atoms with E-state index in [2.05, 4.69) is 10.5 Å². The molecule has 1 unspecified atom stereocenters. The van der Waals surface area contributed by atoms with Gasteiger partial charge in [-0.25, -0.2) is 0 Å². The van der Waals surface area contributed by atoms with Gasteiger partial charge in [0.15, 0.2) is 0 Å². The lowest BCUT2D eigenvalue weighted by atomic mass is 10.2. The van der Waals surface area contributed by atoms with Gasteiger partial charge in [-0.1, -0.05) is 11.2 Å². The molecule has 7 nitrogen and oxygen atoms in total. The molecule has 0 spiro atoms. The Morgan fingerprint density at radius 2 is 2.25 bits per heavy atom. The summed E-state index contributed by atoms with van der Waals surface area (Å²) in [5.41, 5.74) is 2.31. The molecule has 0 radical (unpaired) electrons. The quantitative estimate of drug-likeness (QED) is 0.630. The second kappa shape index (κ2) is 10.2. The molecule has 1 fully saturated rings. The monoisotopic (exact) mass is 388 g/mol. The fraction of sp³-hybridized carbons (Fsp3) is 0.524. The molecule has 1 atom stereocenters. The van der Waals surface area contributed by atoms with Crippen molar-refractivity contribution in [1.82, 2.24) is 10.5 Å². The van der Waals surface area contributed by atoms with Crippen LogP contribution in [0.1, 0.15) is 46.6 Å². The minimum Gasteiger partial charge on any atom is -0.489 e. The van der Waals surface area contributed by atoms with Crippen LogP contribution in [0.15, 0.2) is 28.8 Å². The van der Waals surface area contributed by atoms with E-state index in [-0.39, 0.29) is 12.0 Å². The third-order valence-electron chi connectivity index (χ3n) is 4.74. The maximum Gasteiger partial charge on any atom is 0.251 e. The van der Waals surface area contributed by atoms with Crippen molar-refractivity contribution in [3.05, 3.63) is 46.8 Å². The summed E-state index contributed by atoms with van der Waals surface area (Å²) in [4.78, 5) is 12.3. The number of ether oxygens (including phenoxy) is 3. The normalized spacial score (nSPS) is 16.3. The summed E-state index contributed by atoms with van der Waals surface area (Å²) in [7, 11) is 0. The number of carbonyl (C=O) groups excluding carboxylic acids is 1. The third-order valence-corrected chi connectivity index (χ3v) is 4.74. The molecular formula is C21H28N2O5. The first-order chi connectivity index (χ1) is 13.6. The Morgan fingerprint density at radius 1 is 1.36 bits per heavy atom. The van der Waals surface area contributed by atoms with E-state index in [0.29, 0.717) is 37.7 Å². The van der Waals surface area contributed by atoms with Gasteiger partial charge in [0.1, 0.15) is 18.1 Å². The summed E-state index contributed by atoms with van der Waals surface area (Å²) >= 11 is 0. The van der Waals surface area contributed by atoms with Crippen molar-refractivity contribution < 1.29 is 23.5 Å². The predicted octanol–water partition coefficient (Wildman–Crippen LogP) is 3.19. The number of nitrogens with one attached hydrogen (secondary N) is 1. The maximum absolute atomic E-state index is 12.3. The Kier molecular flexibility index (Phi) is 7.45. The molecule has 0 saturated carbocycles. The Morgan fingerprint density at radius 3 is 3.00 bits per heavy atom. The molecule has 1 aliphatic rings. The van der Waals surface area contributed by atoms with Crippen LogP contribution in [-0.4, -0.2) is 43.5 Å². The standard InChI is InChI=1S/C21H28N2O5/c1-15-20(16(2)28-23-15)14-27-18-7-3-6-17(12-18)21(24)22-9-5-10-25-13-19-8-4-11-26-19/h3,6-7,12,19H,4-5,8-11,13-14H2,1-2H3,(H,22,24). The Balaban J connectivity index is 1.38. The van der Waals surface area contributed by atoms with Gasteiger partial charge in [0, 0.05) is 25.3 Å². The van der Waals surface area contributed by atoms with Crippen LogP contribution < -0.4 is 10.1 Å². The van der Waals surface area contributed by atoms with E-state index >= 15 is 0 Å². The highest BCUT2D eigenvalue weighted by Gasteiger charge is 2.15. The lowest BCUT2D eigenvalue weighted by Gasteiger charge is -2.11. The van der Waals surface area contributed by atoms with Gasteiger partial charge >= 0.3 is 0 Å². The van der Waals surface area contributed by atoms with Crippen molar-refractivity contribution in [1.29, 1.82) is 0 Å². The van der Waals surface area contributed by atoms with Crippen molar-refractivity contribution in [3.8, 4) is 5.75 Å². The molecular weight excluding hydrogens is 360 g/mol. The van der Waals surface area contributed by atoms with Gasteiger partial charge in [-0.2, -0.15) is 0 Å². The fourth-order valence-electron chi connectivity index (χ4n) is 3.06. The molecule has 2 heterocycles. The van der Waals surface area contributed by atoms with E-state index in [0.717, 1.165) is 42.9 Å². The molecule has 1 aromatic carbocycles. The highest BCUT2D eigenvalue weighted by atomic mass is 16.5. The highest BCUT2D eigenvalue weighted by Crippen LogP contribution is 2.18. The number of nitrogens with zero attached hydrogens (tertiary/aromatic N) is 1. The number of amides is 1. The number of carbonyl (C=O) groups is 1. The number of hydrogen-bond donors (Lipinski definition) is 1. The second-order valence-electron chi connectivity index (χ2n) is 6.94. The van der Waals surface area contributed by atoms with Crippen LogP contribution in [0.2, 0.25) is 0 Å². The van der Waals surface area contributed by atoms with Gasteiger partial charge in [0.25, 0.3) is 5.91 Å². The average Bonchev–Trinajstić information content (AvgIpc) is 3.33. The number of aromatic nitrogens is 1. The summed E-state index contributed by atoms with van der Waals surface area (Å²) in [5.74, 6) is 1.25. The molecule has 3 rings (SSSR count). The van der Waals surface area contributed by atoms with Crippen LogP contribution in [0.4, 0.5) is 0 Å². The molecule has 1 aromatic heterocycles. The van der Waals surface area contributed by atoms with E-state index in [1.54, 1.807) is 12.1 Å². The summed E-state index contributed by atoms with van der Waals surface area (Å²) < 4.78 is 22.0. The number of hydrogen-bond acceptors (Lipinski definition) is 6. The Labute approximate surface area is 165 Å². The lowest BCUT2D eigenvalue weighted by Crippen LogP contribution is -2.25. The summed E-state index contributed by atoms with van der Waals surface area (Å²) in [5, 5.41) is 6.83. The molecule has 1 saturated heterocycles. The fourth-order valence-corrected chi connectivity index (χ4v) is 3.06. The van der Waals surface area contributed by atoms with E-state index in [4.69, 9.17) is 18.7 Å². The SMILES string of the molecule is Cc1noc(C)c1COc1cccc(C(=O)NCCCOCC2CCCO2)c1. The van der Waals surface area contributed by atoms with Crippen molar-refractivity contribution in [2.45, 2.75) is 45.8 Å². The lowest BCUT2D eigenvalue weighted by molar-refractivity contribution is 0.0166. The minimum absolute atomic E-state index is 0.123. The molecule has 1 aliphatic heterocycles. The number of aryl methyl sites for hydroxylation is 2. The third kappa shape index (κ3) is 5.81. The van der Waals surface area contributed by atoms with Crippen LogP contribution in [0, 0.1) is 13.8 Å². The molecule has 0 bridgehead atoms.